The Bertz CT molecular complexity index is 458. The molecule has 2 heterocycles. The topological polar surface area (TPSA) is 33.7 Å². The van der Waals surface area contributed by atoms with Crippen LogP contribution in [0.3, 0.4) is 0 Å². The van der Waals surface area contributed by atoms with Crippen molar-refractivity contribution < 1.29 is 9.47 Å². The SMILES string of the molecule is CCC(NCCN1CCOCC1)c1ccc2c(c1)CCO2. The molecule has 1 saturated heterocycles. The Hall–Kier alpha value is -1.10. The molecule has 0 amide bonds. The number of morpholine rings is 1. The second-order valence-electron chi connectivity index (χ2n) is 5.83. The minimum atomic E-state index is 0.442. The molecule has 1 aromatic carbocycles. The van der Waals surface area contributed by atoms with Crippen molar-refractivity contribution in [1.82, 2.24) is 10.2 Å². The number of fused-ring (bicyclic) bond motifs is 1. The van der Waals surface area contributed by atoms with E-state index in [4.69, 9.17) is 9.47 Å². The summed E-state index contributed by atoms with van der Waals surface area (Å²) in [7, 11) is 0. The van der Waals surface area contributed by atoms with E-state index in [0.29, 0.717) is 6.04 Å². The number of hydrogen-bond donors (Lipinski definition) is 1. The van der Waals surface area contributed by atoms with Gasteiger partial charge < -0.3 is 14.8 Å². The second-order valence-corrected chi connectivity index (χ2v) is 5.83. The normalized spacial score (nSPS) is 20.0. The lowest BCUT2D eigenvalue weighted by Gasteiger charge is -2.27. The summed E-state index contributed by atoms with van der Waals surface area (Å²) < 4.78 is 11.0. The number of benzene rings is 1. The summed E-state index contributed by atoms with van der Waals surface area (Å²) in [5.41, 5.74) is 2.75. The summed E-state index contributed by atoms with van der Waals surface area (Å²) in [6, 6.07) is 7.10. The van der Waals surface area contributed by atoms with Crippen LogP contribution in [0.1, 0.15) is 30.5 Å². The van der Waals surface area contributed by atoms with Crippen molar-refractivity contribution >= 4 is 0 Å². The standard InChI is InChI=1S/C17H26N2O2/c1-2-16(18-6-7-19-8-11-20-12-9-19)14-3-4-17-15(13-14)5-10-21-17/h3-4,13,16,18H,2,5-12H2,1H3. The van der Waals surface area contributed by atoms with Gasteiger partial charge in [0.15, 0.2) is 0 Å². The molecule has 2 aliphatic rings. The molecule has 4 heteroatoms. The molecule has 0 bridgehead atoms. The molecule has 1 unspecified atom stereocenters. The van der Waals surface area contributed by atoms with Gasteiger partial charge in [-0.1, -0.05) is 19.1 Å². The van der Waals surface area contributed by atoms with Gasteiger partial charge in [-0.15, -0.1) is 0 Å². The number of nitrogens with one attached hydrogen (secondary N) is 1. The maximum atomic E-state index is 5.59. The number of hydrogen-bond acceptors (Lipinski definition) is 4. The Labute approximate surface area is 127 Å². The van der Waals surface area contributed by atoms with E-state index in [1.54, 1.807) is 0 Å². The van der Waals surface area contributed by atoms with Crippen LogP contribution in [-0.2, 0) is 11.2 Å². The van der Waals surface area contributed by atoms with Gasteiger partial charge in [0.1, 0.15) is 5.75 Å². The first-order chi connectivity index (χ1) is 10.4. The molecule has 0 aliphatic carbocycles. The first-order valence-corrected chi connectivity index (χ1v) is 8.16. The first-order valence-electron chi connectivity index (χ1n) is 8.16. The average Bonchev–Trinajstić information content (AvgIpc) is 3.00. The van der Waals surface area contributed by atoms with Crippen LogP contribution in [0.5, 0.6) is 5.75 Å². The van der Waals surface area contributed by atoms with Crippen molar-refractivity contribution in [3.8, 4) is 5.75 Å². The zero-order chi connectivity index (χ0) is 14.5. The zero-order valence-electron chi connectivity index (χ0n) is 12.9. The molecule has 116 valence electrons. The van der Waals surface area contributed by atoms with Crippen molar-refractivity contribution in [3.63, 3.8) is 0 Å². The predicted molar refractivity (Wildman–Crippen MR) is 83.9 cm³/mol. The summed E-state index contributed by atoms with van der Waals surface area (Å²) >= 11 is 0. The molecule has 1 fully saturated rings. The van der Waals surface area contributed by atoms with E-state index in [9.17, 15) is 0 Å². The molecular weight excluding hydrogens is 264 g/mol. The smallest absolute Gasteiger partial charge is 0.122 e. The van der Waals surface area contributed by atoms with Gasteiger partial charge in [-0.25, -0.2) is 0 Å². The van der Waals surface area contributed by atoms with E-state index in [0.717, 1.165) is 64.6 Å². The van der Waals surface area contributed by atoms with E-state index in [1.165, 1.54) is 11.1 Å². The molecule has 0 saturated carbocycles. The van der Waals surface area contributed by atoms with Gasteiger partial charge in [-0.05, 0) is 23.6 Å². The summed E-state index contributed by atoms with van der Waals surface area (Å²) in [6.45, 7) is 9.10. The van der Waals surface area contributed by atoms with Gasteiger partial charge in [0.05, 0.1) is 19.8 Å². The van der Waals surface area contributed by atoms with E-state index in [1.807, 2.05) is 0 Å². The fourth-order valence-electron chi connectivity index (χ4n) is 3.14. The van der Waals surface area contributed by atoms with Crippen LogP contribution in [0, 0.1) is 0 Å². The van der Waals surface area contributed by atoms with Crippen LogP contribution in [0.25, 0.3) is 0 Å². The van der Waals surface area contributed by atoms with Crippen molar-refractivity contribution in [1.29, 1.82) is 0 Å². The molecule has 0 radical (unpaired) electrons. The molecule has 3 rings (SSSR count). The van der Waals surface area contributed by atoms with E-state index in [-0.39, 0.29) is 0 Å². The molecule has 0 spiro atoms. The third-order valence-corrected chi connectivity index (χ3v) is 4.45. The largest absolute Gasteiger partial charge is 0.493 e. The third-order valence-electron chi connectivity index (χ3n) is 4.45. The Morgan fingerprint density at radius 3 is 2.90 bits per heavy atom. The van der Waals surface area contributed by atoms with E-state index < -0.39 is 0 Å². The average molecular weight is 290 g/mol. The van der Waals surface area contributed by atoms with Crippen LogP contribution in [0.2, 0.25) is 0 Å². The van der Waals surface area contributed by atoms with Crippen molar-refractivity contribution in [2.24, 2.45) is 0 Å². The molecular formula is C17H26N2O2. The van der Waals surface area contributed by atoms with Crippen LogP contribution < -0.4 is 10.1 Å². The lowest BCUT2D eigenvalue weighted by Crippen LogP contribution is -2.40. The maximum Gasteiger partial charge on any atom is 0.122 e. The van der Waals surface area contributed by atoms with Crippen LogP contribution in [0.15, 0.2) is 18.2 Å². The Kier molecular flexibility index (Phi) is 5.12. The highest BCUT2D eigenvalue weighted by Gasteiger charge is 2.16. The van der Waals surface area contributed by atoms with Gasteiger partial charge in [0.2, 0.25) is 0 Å². The number of nitrogens with zero attached hydrogens (tertiary/aromatic N) is 1. The molecule has 4 nitrogen and oxygen atoms in total. The fraction of sp³-hybridized carbons (Fsp3) is 0.647. The van der Waals surface area contributed by atoms with Gasteiger partial charge in [-0.3, -0.25) is 4.90 Å². The van der Waals surface area contributed by atoms with E-state index >= 15 is 0 Å². The van der Waals surface area contributed by atoms with Gasteiger partial charge in [0.25, 0.3) is 0 Å². The highest BCUT2D eigenvalue weighted by Crippen LogP contribution is 2.29. The summed E-state index contributed by atoms with van der Waals surface area (Å²) in [5.74, 6) is 1.07. The molecule has 1 aromatic rings. The lowest BCUT2D eigenvalue weighted by atomic mass is 10.0. The summed E-state index contributed by atoms with van der Waals surface area (Å²) in [5, 5.41) is 3.70. The van der Waals surface area contributed by atoms with Crippen molar-refractivity contribution in [3.05, 3.63) is 29.3 Å². The molecule has 1 atom stereocenters. The summed E-state index contributed by atoms with van der Waals surface area (Å²) in [6.07, 6.45) is 2.16. The quantitative estimate of drug-likeness (QED) is 0.869. The highest BCUT2D eigenvalue weighted by molar-refractivity contribution is 5.40. The van der Waals surface area contributed by atoms with Gasteiger partial charge in [-0.2, -0.15) is 0 Å². The van der Waals surface area contributed by atoms with Crippen LogP contribution in [-0.4, -0.2) is 50.9 Å². The monoisotopic (exact) mass is 290 g/mol. The maximum absolute atomic E-state index is 5.59. The number of rotatable bonds is 6. The molecule has 21 heavy (non-hydrogen) atoms. The molecule has 0 aromatic heterocycles. The minimum absolute atomic E-state index is 0.442. The highest BCUT2D eigenvalue weighted by atomic mass is 16.5. The minimum Gasteiger partial charge on any atom is -0.493 e. The Morgan fingerprint density at radius 2 is 2.10 bits per heavy atom. The van der Waals surface area contributed by atoms with Crippen molar-refractivity contribution in [2.75, 3.05) is 46.0 Å². The fourth-order valence-corrected chi connectivity index (χ4v) is 3.14. The lowest BCUT2D eigenvalue weighted by molar-refractivity contribution is 0.0381. The predicted octanol–water partition coefficient (Wildman–Crippen LogP) is 1.99. The van der Waals surface area contributed by atoms with Gasteiger partial charge in [0, 0.05) is 38.6 Å². The molecule has 2 aliphatic heterocycles. The third kappa shape index (κ3) is 3.76. The van der Waals surface area contributed by atoms with Gasteiger partial charge >= 0.3 is 0 Å². The van der Waals surface area contributed by atoms with Crippen LogP contribution in [0.4, 0.5) is 0 Å². The number of ether oxygens (including phenoxy) is 2. The van der Waals surface area contributed by atoms with Crippen LogP contribution >= 0.6 is 0 Å². The van der Waals surface area contributed by atoms with E-state index in [2.05, 4.69) is 35.3 Å². The zero-order valence-corrected chi connectivity index (χ0v) is 12.9. The van der Waals surface area contributed by atoms with Crippen molar-refractivity contribution in [2.45, 2.75) is 25.8 Å². The first kappa shape index (κ1) is 14.8. The Morgan fingerprint density at radius 1 is 1.24 bits per heavy atom. The second kappa shape index (κ2) is 7.25. The summed E-state index contributed by atoms with van der Waals surface area (Å²) in [4.78, 5) is 2.47. The molecule has 1 N–H and O–H groups in total. The Balaban J connectivity index is 1.52.